The van der Waals surface area contributed by atoms with Gasteiger partial charge in [0.25, 0.3) is 0 Å². The van der Waals surface area contributed by atoms with Crippen molar-refractivity contribution in [2.24, 2.45) is 0 Å². The standard InChI is InChI=1S/C29H58O2/c1-4-6-8-10-12-13-14-15-16-17-18-19-21-23-25-27-29(30)31-28(3)26-24-22-20-11-9-7-5-2/h28H,4-27H2,1-3H3. The predicted molar refractivity (Wildman–Crippen MR) is 138 cm³/mol. The summed E-state index contributed by atoms with van der Waals surface area (Å²) >= 11 is 0. The van der Waals surface area contributed by atoms with Crippen molar-refractivity contribution in [1.29, 1.82) is 0 Å². The van der Waals surface area contributed by atoms with Crippen LogP contribution in [0.2, 0.25) is 0 Å². The second-order valence-corrected chi connectivity index (χ2v) is 9.91. The van der Waals surface area contributed by atoms with Crippen LogP contribution in [0.4, 0.5) is 0 Å². The van der Waals surface area contributed by atoms with Gasteiger partial charge >= 0.3 is 5.97 Å². The third-order valence-corrected chi connectivity index (χ3v) is 6.53. The summed E-state index contributed by atoms with van der Waals surface area (Å²) in [6.07, 6.45) is 31.3. The zero-order chi connectivity index (χ0) is 22.8. The lowest BCUT2D eigenvalue weighted by molar-refractivity contribution is -0.148. The van der Waals surface area contributed by atoms with Crippen LogP contribution in [-0.2, 0) is 9.53 Å². The van der Waals surface area contributed by atoms with Gasteiger partial charge in [-0.15, -0.1) is 0 Å². The van der Waals surface area contributed by atoms with Gasteiger partial charge in [-0.25, -0.2) is 0 Å². The molecule has 2 nitrogen and oxygen atoms in total. The normalized spacial score (nSPS) is 12.2. The maximum atomic E-state index is 12.0. The van der Waals surface area contributed by atoms with Crippen LogP contribution in [0.25, 0.3) is 0 Å². The molecule has 0 heterocycles. The molecule has 0 aromatic carbocycles. The van der Waals surface area contributed by atoms with Crippen LogP contribution in [-0.4, -0.2) is 12.1 Å². The first kappa shape index (κ1) is 30.5. The monoisotopic (exact) mass is 438 g/mol. The Kier molecular flexibility index (Phi) is 25.3. The molecule has 0 bridgehead atoms. The van der Waals surface area contributed by atoms with Crippen molar-refractivity contribution in [3.05, 3.63) is 0 Å². The van der Waals surface area contributed by atoms with Gasteiger partial charge in [0.2, 0.25) is 0 Å². The van der Waals surface area contributed by atoms with Gasteiger partial charge in [-0.3, -0.25) is 4.79 Å². The fourth-order valence-electron chi connectivity index (χ4n) is 4.37. The summed E-state index contributed by atoms with van der Waals surface area (Å²) in [5.74, 6) is 0.0186. The Morgan fingerprint density at radius 3 is 1.23 bits per heavy atom. The minimum Gasteiger partial charge on any atom is -0.463 e. The van der Waals surface area contributed by atoms with Crippen LogP contribution in [0.15, 0.2) is 0 Å². The number of ether oxygens (including phenoxy) is 1. The van der Waals surface area contributed by atoms with Gasteiger partial charge in [0.15, 0.2) is 0 Å². The number of rotatable bonds is 25. The number of esters is 1. The summed E-state index contributed by atoms with van der Waals surface area (Å²) in [4.78, 5) is 12.0. The Bertz CT molecular complexity index is 353. The lowest BCUT2D eigenvalue weighted by Crippen LogP contribution is -2.14. The van der Waals surface area contributed by atoms with Gasteiger partial charge in [0, 0.05) is 6.42 Å². The maximum Gasteiger partial charge on any atom is 0.306 e. The molecule has 1 atom stereocenters. The van der Waals surface area contributed by atoms with Crippen molar-refractivity contribution in [3.63, 3.8) is 0 Å². The molecule has 0 N–H and O–H groups in total. The average molecular weight is 439 g/mol. The molecule has 0 fully saturated rings. The molecular formula is C29H58O2. The fourth-order valence-corrected chi connectivity index (χ4v) is 4.37. The van der Waals surface area contributed by atoms with Crippen molar-refractivity contribution in [3.8, 4) is 0 Å². The predicted octanol–water partition coefficient (Wildman–Crippen LogP) is 10.3. The van der Waals surface area contributed by atoms with Crippen LogP contribution < -0.4 is 0 Å². The number of unbranched alkanes of at least 4 members (excludes halogenated alkanes) is 20. The largest absolute Gasteiger partial charge is 0.463 e. The van der Waals surface area contributed by atoms with Crippen molar-refractivity contribution >= 4 is 5.97 Å². The number of hydrogen-bond acceptors (Lipinski definition) is 2. The topological polar surface area (TPSA) is 26.3 Å². The molecular weight excluding hydrogens is 380 g/mol. The van der Waals surface area contributed by atoms with E-state index in [0.717, 1.165) is 12.8 Å². The maximum absolute atomic E-state index is 12.0. The summed E-state index contributed by atoms with van der Waals surface area (Å²) in [6.45, 7) is 6.60. The van der Waals surface area contributed by atoms with E-state index >= 15 is 0 Å². The molecule has 0 amide bonds. The highest BCUT2D eigenvalue weighted by Gasteiger charge is 2.09. The van der Waals surface area contributed by atoms with Crippen LogP contribution >= 0.6 is 0 Å². The van der Waals surface area contributed by atoms with Gasteiger partial charge in [-0.2, -0.15) is 0 Å². The first-order chi connectivity index (χ1) is 15.2. The lowest BCUT2D eigenvalue weighted by atomic mass is 10.0. The van der Waals surface area contributed by atoms with Crippen molar-refractivity contribution in [2.75, 3.05) is 0 Å². The molecule has 0 aliphatic heterocycles. The summed E-state index contributed by atoms with van der Waals surface area (Å²) in [5.41, 5.74) is 0. The van der Waals surface area contributed by atoms with Gasteiger partial charge < -0.3 is 4.74 Å². The first-order valence-corrected chi connectivity index (χ1v) is 14.4. The molecule has 186 valence electrons. The zero-order valence-corrected chi connectivity index (χ0v) is 21.9. The van der Waals surface area contributed by atoms with Gasteiger partial charge in [0.05, 0.1) is 6.10 Å². The molecule has 0 saturated carbocycles. The highest BCUT2D eigenvalue weighted by molar-refractivity contribution is 5.69. The van der Waals surface area contributed by atoms with E-state index in [1.54, 1.807) is 0 Å². The van der Waals surface area contributed by atoms with Gasteiger partial charge in [0.1, 0.15) is 0 Å². The van der Waals surface area contributed by atoms with E-state index < -0.39 is 0 Å². The van der Waals surface area contributed by atoms with Crippen LogP contribution in [0.5, 0.6) is 0 Å². The van der Waals surface area contributed by atoms with E-state index in [-0.39, 0.29) is 12.1 Å². The van der Waals surface area contributed by atoms with Crippen LogP contribution in [0.1, 0.15) is 175 Å². The van der Waals surface area contributed by atoms with Crippen molar-refractivity contribution in [1.82, 2.24) is 0 Å². The first-order valence-electron chi connectivity index (χ1n) is 14.4. The highest BCUT2D eigenvalue weighted by atomic mass is 16.5. The van der Waals surface area contributed by atoms with Gasteiger partial charge in [-0.05, 0) is 26.2 Å². The van der Waals surface area contributed by atoms with E-state index in [9.17, 15) is 4.79 Å². The van der Waals surface area contributed by atoms with E-state index in [4.69, 9.17) is 4.74 Å². The molecule has 2 heteroatoms. The van der Waals surface area contributed by atoms with E-state index in [1.165, 1.54) is 135 Å². The third-order valence-electron chi connectivity index (χ3n) is 6.53. The molecule has 0 aliphatic rings. The number of hydrogen-bond donors (Lipinski definition) is 0. The molecule has 0 aromatic heterocycles. The SMILES string of the molecule is CCCCCCCCCCCCCCCCCC(=O)OC(C)CCCCCCCCC. The lowest BCUT2D eigenvalue weighted by Gasteiger charge is -2.13. The molecule has 0 aromatic rings. The van der Waals surface area contributed by atoms with Crippen LogP contribution in [0, 0.1) is 0 Å². The molecule has 0 saturated heterocycles. The molecule has 0 radical (unpaired) electrons. The Morgan fingerprint density at radius 1 is 0.516 bits per heavy atom. The molecule has 0 aliphatic carbocycles. The van der Waals surface area contributed by atoms with Crippen LogP contribution in [0.3, 0.4) is 0 Å². The second kappa shape index (κ2) is 25.7. The average Bonchev–Trinajstić information content (AvgIpc) is 2.75. The number of carbonyl (C=O) groups excluding carboxylic acids is 1. The summed E-state index contributed by atoms with van der Waals surface area (Å²) < 4.78 is 5.58. The highest BCUT2D eigenvalue weighted by Crippen LogP contribution is 2.15. The van der Waals surface area contributed by atoms with E-state index in [0.29, 0.717) is 6.42 Å². The summed E-state index contributed by atoms with van der Waals surface area (Å²) in [5, 5.41) is 0. The van der Waals surface area contributed by atoms with Crippen molar-refractivity contribution in [2.45, 2.75) is 181 Å². The smallest absolute Gasteiger partial charge is 0.306 e. The van der Waals surface area contributed by atoms with E-state index in [2.05, 4.69) is 20.8 Å². The molecule has 31 heavy (non-hydrogen) atoms. The quantitative estimate of drug-likeness (QED) is 0.105. The number of carbonyl (C=O) groups is 1. The zero-order valence-electron chi connectivity index (χ0n) is 21.9. The minimum absolute atomic E-state index is 0.0186. The van der Waals surface area contributed by atoms with Gasteiger partial charge in [-0.1, -0.05) is 142 Å². The van der Waals surface area contributed by atoms with E-state index in [1.807, 2.05) is 0 Å². The Hall–Kier alpha value is -0.530. The minimum atomic E-state index is 0.0186. The molecule has 0 rings (SSSR count). The third kappa shape index (κ3) is 25.6. The van der Waals surface area contributed by atoms with Crippen molar-refractivity contribution < 1.29 is 9.53 Å². The second-order valence-electron chi connectivity index (χ2n) is 9.91. The Balaban J connectivity index is 3.26. The molecule has 1 unspecified atom stereocenters. The Morgan fingerprint density at radius 2 is 0.839 bits per heavy atom. The molecule has 0 spiro atoms. The summed E-state index contributed by atoms with van der Waals surface area (Å²) in [6, 6.07) is 0. The summed E-state index contributed by atoms with van der Waals surface area (Å²) in [7, 11) is 0. The Labute approximate surface area is 196 Å². The fraction of sp³-hybridized carbons (Fsp3) is 0.966.